The fourth-order valence-corrected chi connectivity index (χ4v) is 3.04. The molecule has 0 heterocycles. The third kappa shape index (κ3) is 5.74. The Balaban J connectivity index is 1.92. The molecule has 2 unspecified atom stereocenters. The van der Waals surface area contributed by atoms with Gasteiger partial charge in [0.2, 0.25) is 0 Å². The molecule has 0 radical (unpaired) electrons. The molecule has 1 amide bonds. The van der Waals surface area contributed by atoms with E-state index in [1.807, 2.05) is 0 Å². The summed E-state index contributed by atoms with van der Waals surface area (Å²) in [6, 6.07) is 5.15. The first-order valence-corrected chi connectivity index (χ1v) is 8.37. The first kappa shape index (κ1) is 18.7. The number of non-ortho nitro benzene ring substituents is 1. The monoisotopic (exact) mass is 350 g/mol. The van der Waals surface area contributed by atoms with Crippen LogP contribution in [0, 0.1) is 16.0 Å². The number of nitro benzene ring substituents is 1. The van der Waals surface area contributed by atoms with Crippen LogP contribution in [0.15, 0.2) is 24.3 Å². The van der Waals surface area contributed by atoms with Crippen LogP contribution in [0.3, 0.4) is 0 Å². The zero-order valence-electron chi connectivity index (χ0n) is 13.8. The predicted octanol–water partition coefficient (Wildman–Crippen LogP) is 2.51. The van der Waals surface area contributed by atoms with Gasteiger partial charge in [0, 0.05) is 12.1 Å². The average Bonchev–Trinajstić information content (AvgIpc) is 2.55. The molecule has 0 aliphatic heterocycles. The maximum atomic E-state index is 12.1. The van der Waals surface area contributed by atoms with E-state index in [1.54, 1.807) is 0 Å². The number of nitrogens with zero attached hydrogens (tertiary/aromatic N) is 1. The molecule has 0 saturated heterocycles. The Labute approximate surface area is 145 Å². The number of hydrogen-bond donors (Lipinski definition) is 2. The number of rotatable bonds is 6. The van der Waals surface area contributed by atoms with E-state index < -0.39 is 28.8 Å². The summed E-state index contributed by atoms with van der Waals surface area (Å²) in [5, 5.41) is 22.9. The van der Waals surface area contributed by atoms with Gasteiger partial charge < -0.3 is 15.2 Å². The molecule has 1 aromatic carbocycles. The molecular formula is C17H22N2O6. The van der Waals surface area contributed by atoms with Gasteiger partial charge in [-0.15, -0.1) is 0 Å². The summed E-state index contributed by atoms with van der Waals surface area (Å²) in [4.78, 5) is 33.7. The van der Waals surface area contributed by atoms with Crippen molar-refractivity contribution >= 4 is 17.6 Å². The summed E-state index contributed by atoms with van der Waals surface area (Å²) in [7, 11) is 0. The number of carbonyl (C=O) groups is 2. The minimum absolute atomic E-state index is 0.121. The summed E-state index contributed by atoms with van der Waals surface area (Å²) in [6.07, 6.45) is 4.93. The highest BCUT2D eigenvalue weighted by molar-refractivity contribution is 5.79. The predicted molar refractivity (Wildman–Crippen MR) is 89.3 cm³/mol. The van der Waals surface area contributed by atoms with Gasteiger partial charge in [-0.2, -0.15) is 0 Å². The van der Waals surface area contributed by atoms with Crippen LogP contribution in [0.4, 0.5) is 5.69 Å². The van der Waals surface area contributed by atoms with Gasteiger partial charge in [0.25, 0.3) is 11.6 Å². The highest BCUT2D eigenvalue weighted by Gasteiger charge is 2.29. The molecule has 2 atom stereocenters. The van der Waals surface area contributed by atoms with Crippen molar-refractivity contribution in [3.8, 4) is 5.75 Å². The molecule has 8 nitrogen and oxygen atoms in total. The Morgan fingerprint density at radius 3 is 2.64 bits per heavy atom. The lowest BCUT2D eigenvalue weighted by Gasteiger charge is -2.27. The molecule has 1 aliphatic rings. The smallest absolute Gasteiger partial charge is 0.308 e. The van der Waals surface area contributed by atoms with Gasteiger partial charge in [-0.1, -0.05) is 31.7 Å². The number of amides is 1. The van der Waals surface area contributed by atoms with Crippen LogP contribution in [0.5, 0.6) is 5.75 Å². The van der Waals surface area contributed by atoms with Crippen molar-refractivity contribution in [1.29, 1.82) is 0 Å². The Hall–Kier alpha value is -2.64. The third-order valence-corrected chi connectivity index (χ3v) is 4.33. The van der Waals surface area contributed by atoms with E-state index in [1.165, 1.54) is 24.3 Å². The number of aliphatic carboxylic acids is 1. The van der Waals surface area contributed by atoms with Crippen molar-refractivity contribution in [2.75, 3.05) is 6.61 Å². The minimum atomic E-state index is -0.896. The first-order valence-electron chi connectivity index (χ1n) is 8.37. The highest BCUT2D eigenvalue weighted by atomic mass is 16.6. The zero-order chi connectivity index (χ0) is 18.2. The number of benzene rings is 1. The van der Waals surface area contributed by atoms with Crippen LogP contribution >= 0.6 is 0 Å². The van der Waals surface area contributed by atoms with Gasteiger partial charge in [-0.05, 0) is 18.9 Å². The molecule has 136 valence electrons. The van der Waals surface area contributed by atoms with Crippen molar-refractivity contribution in [3.63, 3.8) is 0 Å². The van der Waals surface area contributed by atoms with Crippen LogP contribution in [0.25, 0.3) is 0 Å². The van der Waals surface area contributed by atoms with Crippen molar-refractivity contribution in [2.24, 2.45) is 5.92 Å². The molecule has 0 spiro atoms. The summed E-state index contributed by atoms with van der Waals surface area (Å²) in [6.45, 7) is -0.315. The maximum absolute atomic E-state index is 12.1. The van der Waals surface area contributed by atoms with Crippen LogP contribution in [-0.2, 0) is 9.59 Å². The molecule has 0 aromatic heterocycles. The lowest BCUT2D eigenvalue weighted by atomic mass is 9.87. The van der Waals surface area contributed by atoms with Crippen molar-refractivity contribution < 1.29 is 24.4 Å². The van der Waals surface area contributed by atoms with E-state index in [9.17, 15) is 24.8 Å². The van der Waals surface area contributed by atoms with Crippen molar-refractivity contribution in [3.05, 3.63) is 34.4 Å². The number of nitrogens with one attached hydrogen (secondary N) is 1. The second kappa shape index (κ2) is 9.00. The number of carboxylic acid groups (broad SMARTS) is 1. The Kier molecular flexibility index (Phi) is 6.73. The summed E-state index contributed by atoms with van der Waals surface area (Å²) >= 11 is 0. The van der Waals surface area contributed by atoms with Crippen LogP contribution in [-0.4, -0.2) is 34.6 Å². The summed E-state index contributed by atoms with van der Waals surface area (Å²) in [5.74, 6) is -1.70. The second-order valence-corrected chi connectivity index (χ2v) is 6.15. The van der Waals surface area contributed by atoms with E-state index in [0.29, 0.717) is 12.8 Å². The van der Waals surface area contributed by atoms with Gasteiger partial charge in [0.15, 0.2) is 6.61 Å². The molecule has 1 aliphatic carbocycles. The topological polar surface area (TPSA) is 119 Å². The average molecular weight is 350 g/mol. The Morgan fingerprint density at radius 2 is 1.96 bits per heavy atom. The molecule has 25 heavy (non-hydrogen) atoms. The number of ether oxygens (including phenoxy) is 1. The molecule has 1 aromatic rings. The number of hydrogen-bond acceptors (Lipinski definition) is 5. The van der Waals surface area contributed by atoms with E-state index in [-0.39, 0.29) is 18.0 Å². The largest absolute Gasteiger partial charge is 0.484 e. The minimum Gasteiger partial charge on any atom is -0.484 e. The van der Waals surface area contributed by atoms with E-state index in [0.717, 1.165) is 25.7 Å². The number of carboxylic acids is 1. The van der Waals surface area contributed by atoms with Gasteiger partial charge >= 0.3 is 5.97 Å². The first-order chi connectivity index (χ1) is 12.0. The number of nitro groups is 1. The van der Waals surface area contributed by atoms with Gasteiger partial charge in [0.1, 0.15) is 5.75 Å². The van der Waals surface area contributed by atoms with Crippen LogP contribution in [0.2, 0.25) is 0 Å². The maximum Gasteiger partial charge on any atom is 0.308 e. The van der Waals surface area contributed by atoms with E-state index >= 15 is 0 Å². The molecule has 2 N–H and O–H groups in total. The van der Waals surface area contributed by atoms with E-state index in [2.05, 4.69) is 5.32 Å². The summed E-state index contributed by atoms with van der Waals surface area (Å²) < 4.78 is 5.29. The lowest BCUT2D eigenvalue weighted by Crippen LogP contribution is -2.45. The molecular weight excluding hydrogens is 328 g/mol. The quantitative estimate of drug-likeness (QED) is 0.601. The van der Waals surface area contributed by atoms with Crippen molar-refractivity contribution in [2.45, 2.75) is 44.6 Å². The number of carbonyl (C=O) groups excluding carboxylic acids is 1. The van der Waals surface area contributed by atoms with E-state index in [4.69, 9.17) is 4.74 Å². The third-order valence-electron chi connectivity index (χ3n) is 4.33. The SMILES string of the molecule is O=C(COc1cccc([N+](=O)[O-])c1)NC1CCCCCCC1C(=O)O. The van der Waals surface area contributed by atoms with Crippen LogP contribution in [0.1, 0.15) is 38.5 Å². The molecule has 1 fully saturated rings. The normalized spacial score (nSPS) is 20.8. The zero-order valence-corrected chi connectivity index (χ0v) is 13.8. The van der Waals surface area contributed by atoms with Gasteiger partial charge in [-0.3, -0.25) is 19.7 Å². The standard InChI is InChI=1S/C17H22N2O6/c20-16(11-25-13-7-5-6-12(10-13)19(23)24)18-15-9-4-2-1-3-8-14(15)17(21)22/h5-7,10,14-15H,1-4,8-9,11H2,(H,18,20)(H,21,22). The Bertz CT molecular complexity index is 633. The molecule has 8 heteroatoms. The highest BCUT2D eigenvalue weighted by Crippen LogP contribution is 2.23. The molecule has 1 saturated carbocycles. The van der Waals surface area contributed by atoms with Gasteiger partial charge in [0.05, 0.1) is 16.9 Å². The van der Waals surface area contributed by atoms with Crippen LogP contribution < -0.4 is 10.1 Å². The summed E-state index contributed by atoms with van der Waals surface area (Å²) in [5.41, 5.74) is -0.121. The van der Waals surface area contributed by atoms with Gasteiger partial charge in [-0.25, -0.2) is 0 Å². The second-order valence-electron chi connectivity index (χ2n) is 6.15. The molecule has 2 rings (SSSR count). The lowest BCUT2D eigenvalue weighted by molar-refractivity contribution is -0.384. The fraction of sp³-hybridized carbons (Fsp3) is 0.529. The fourth-order valence-electron chi connectivity index (χ4n) is 3.04. The molecule has 0 bridgehead atoms. The van der Waals surface area contributed by atoms with Crippen molar-refractivity contribution in [1.82, 2.24) is 5.32 Å². The Morgan fingerprint density at radius 1 is 1.24 bits per heavy atom.